The Morgan fingerprint density at radius 3 is 2.53 bits per heavy atom. The van der Waals surface area contributed by atoms with Crippen LogP contribution in [0, 0.1) is 6.92 Å². The molecule has 2 heterocycles. The maximum atomic E-state index is 12.3. The Bertz CT molecular complexity index is 1180. The van der Waals surface area contributed by atoms with Gasteiger partial charge in [0.05, 0.1) is 13.7 Å². The summed E-state index contributed by atoms with van der Waals surface area (Å²) >= 11 is 0. The molecule has 0 saturated heterocycles. The first-order valence-corrected chi connectivity index (χ1v) is 10.9. The van der Waals surface area contributed by atoms with Crippen LogP contribution in [0.15, 0.2) is 66.9 Å². The SMILES string of the molecule is COc1ccc(CNC(=O)CCCc2nc3cccnc3n2Cc2ccc(C)cc2)cc1. The number of hydrogen-bond donors (Lipinski definition) is 1. The van der Waals surface area contributed by atoms with E-state index in [0.717, 1.165) is 41.1 Å². The van der Waals surface area contributed by atoms with Crippen LogP contribution in [0.3, 0.4) is 0 Å². The van der Waals surface area contributed by atoms with Crippen molar-refractivity contribution in [2.45, 2.75) is 39.3 Å². The summed E-state index contributed by atoms with van der Waals surface area (Å²) < 4.78 is 7.33. The third-order valence-electron chi connectivity index (χ3n) is 5.50. The largest absolute Gasteiger partial charge is 0.497 e. The van der Waals surface area contributed by atoms with E-state index in [1.165, 1.54) is 11.1 Å². The van der Waals surface area contributed by atoms with Crippen molar-refractivity contribution in [3.05, 3.63) is 89.4 Å². The molecule has 2 aromatic heterocycles. The number of methoxy groups -OCH3 is 1. The van der Waals surface area contributed by atoms with Crippen LogP contribution in [0.4, 0.5) is 0 Å². The minimum Gasteiger partial charge on any atom is -0.497 e. The number of carbonyl (C=O) groups is 1. The normalized spacial score (nSPS) is 10.9. The van der Waals surface area contributed by atoms with Crippen molar-refractivity contribution < 1.29 is 9.53 Å². The van der Waals surface area contributed by atoms with Crippen LogP contribution < -0.4 is 10.1 Å². The molecule has 0 aliphatic heterocycles. The number of pyridine rings is 1. The van der Waals surface area contributed by atoms with Crippen LogP contribution in [0.5, 0.6) is 5.75 Å². The van der Waals surface area contributed by atoms with Crippen molar-refractivity contribution >= 4 is 17.1 Å². The third kappa shape index (κ3) is 5.32. The van der Waals surface area contributed by atoms with Gasteiger partial charge in [0.2, 0.25) is 5.91 Å². The van der Waals surface area contributed by atoms with E-state index in [0.29, 0.717) is 19.5 Å². The summed E-state index contributed by atoms with van der Waals surface area (Å²) in [5.41, 5.74) is 5.26. The third-order valence-corrected chi connectivity index (χ3v) is 5.50. The summed E-state index contributed by atoms with van der Waals surface area (Å²) in [6, 6.07) is 20.1. The second-order valence-electron chi connectivity index (χ2n) is 7.92. The molecule has 0 saturated carbocycles. The van der Waals surface area contributed by atoms with Crippen LogP contribution in [0.1, 0.15) is 35.4 Å². The summed E-state index contributed by atoms with van der Waals surface area (Å²) in [6.45, 7) is 3.31. The lowest BCUT2D eigenvalue weighted by molar-refractivity contribution is -0.121. The molecule has 0 aliphatic rings. The molecule has 4 aromatic rings. The molecular formula is C26H28N4O2. The molecule has 0 radical (unpaired) electrons. The van der Waals surface area contributed by atoms with Crippen LogP contribution >= 0.6 is 0 Å². The lowest BCUT2D eigenvalue weighted by atomic mass is 10.1. The Balaban J connectivity index is 1.37. The van der Waals surface area contributed by atoms with E-state index in [-0.39, 0.29) is 5.91 Å². The highest BCUT2D eigenvalue weighted by Crippen LogP contribution is 2.18. The predicted molar refractivity (Wildman–Crippen MR) is 126 cm³/mol. The molecule has 32 heavy (non-hydrogen) atoms. The maximum absolute atomic E-state index is 12.3. The van der Waals surface area contributed by atoms with Gasteiger partial charge in [-0.05, 0) is 48.7 Å². The minimum atomic E-state index is 0.0418. The van der Waals surface area contributed by atoms with E-state index in [1.54, 1.807) is 13.3 Å². The van der Waals surface area contributed by atoms with E-state index in [9.17, 15) is 4.79 Å². The predicted octanol–water partition coefficient (Wildman–Crippen LogP) is 4.44. The summed E-state index contributed by atoms with van der Waals surface area (Å²) in [4.78, 5) is 21.7. The average molecular weight is 429 g/mol. The number of aryl methyl sites for hydroxylation is 2. The molecule has 0 spiro atoms. The molecule has 6 heteroatoms. The molecule has 0 unspecified atom stereocenters. The number of amides is 1. The summed E-state index contributed by atoms with van der Waals surface area (Å²) in [5.74, 6) is 1.81. The van der Waals surface area contributed by atoms with Gasteiger partial charge in [0.25, 0.3) is 0 Å². The molecule has 0 aliphatic carbocycles. The van der Waals surface area contributed by atoms with Gasteiger partial charge in [-0.2, -0.15) is 0 Å². The van der Waals surface area contributed by atoms with Gasteiger partial charge in [-0.25, -0.2) is 9.97 Å². The van der Waals surface area contributed by atoms with Gasteiger partial charge in [-0.15, -0.1) is 0 Å². The van der Waals surface area contributed by atoms with Crippen LogP contribution in [0.2, 0.25) is 0 Å². The van der Waals surface area contributed by atoms with Gasteiger partial charge in [0.15, 0.2) is 5.65 Å². The number of aromatic nitrogens is 3. The highest BCUT2D eigenvalue weighted by atomic mass is 16.5. The molecule has 2 aromatic carbocycles. The lowest BCUT2D eigenvalue weighted by Gasteiger charge is -2.10. The number of benzene rings is 2. The molecule has 6 nitrogen and oxygen atoms in total. The Labute approximate surface area is 188 Å². The number of nitrogens with one attached hydrogen (secondary N) is 1. The van der Waals surface area contributed by atoms with Gasteiger partial charge in [-0.1, -0.05) is 42.0 Å². The topological polar surface area (TPSA) is 69.0 Å². The Morgan fingerprint density at radius 2 is 1.78 bits per heavy atom. The Kier molecular flexibility index (Phi) is 6.80. The number of imidazole rings is 1. The van der Waals surface area contributed by atoms with E-state index in [2.05, 4.69) is 46.1 Å². The van der Waals surface area contributed by atoms with Crippen molar-refractivity contribution in [3.8, 4) is 5.75 Å². The molecule has 1 amide bonds. The van der Waals surface area contributed by atoms with E-state index < -0.39 is 0 Å². The smallest absolute Gasteiger partial charge is 0.220 e. The number of fused-ring (bicyclic) bond motifs is 1. The fourth-order valence-corrected chi connectivity index (χ4v) is 3.68. The summed E-state index contributed by atoms with van der Waals surface area (Å²) in [6.07, 6.45) is 3.70. The quantitative estimate of drug-likeness (QED) is 0.428. The molecule has 164 valence electrons. The summed E-state index contributed by atoms with van der Waals surface area (Å²) in [7, 11) is 1.64. The molecule has 0 fully saturated rings. The number of rotatable bonds is 9. The average Bonchev–Trinajstić information content (AvgIpc) is 3.16. The fraction of sp³-hybridized carbons (Fsp3) is 0.269. The molecule has 1 N–H and O–H groups in total. The van der Waals surface area contributed by atoms with Gasteiger partial charge < -0.3 is 14.6 Å². The number of nitrogens with zero attached hydrogens (tertiary/aromatic N) is 3. The zero-order valence-electron chi connectivity index (χ0n) is 18.5. The second-order valence-corrected chi connectivity index (χ2v) is 7.92. The van der Waals surface area contributed by atoms with Crippen molar-refractivity contribution in [1.82, 2.24) is 19.9 Å². The fourth-order valence-electron chi connectivity index (χ4n) is 3.68. The Morgan fingerprint density at radius 1 is 1.03 bits per heavy atom. The minimum absolute atomic E-state index is 0.0418. The van der Waals surface area contributed by atoms with Crippen molar-refractivity contribution in [2.24, 2.45) is 0 Å². The van der Waals surface area contributed by atoms with Crippen molar-refractivity contribution in [3.63, 3.8) is 0 Å². The number of carbonyl (C=O) groups excluding carboxylic acids is 1. The van der Waals surface area contributed by atoms with E-state index in [1.807, 2.05) is 36.4 Å². The highest BCUT2D eigenvalue weighted by Gasteiger charge is 2.13. The number of ether oxygens (including phenoxy) is 1. The first-order chi connectivity index (χ1) is 15.6. The van der Waals surface area contributed by atoms with Crippen LogP contribution in [0.25, 0.3) is 11.2 Å². The van der Waals surface area contributed by atoms with E-state index >= 15 is 0 Å². The highest BCUT2D eigenvalue weighted by molar-refractivity contribution is 5.76. The van der Waals surface area contributed by atoms with Crippen molar-refractivity contribution in [1.29, 1.82) is 0 Å². The van der Waals surface area contributed by atoms with Gasteiger partial charge >= 0.3 is 0 Å². The molecular weight excluding hydrogens is 400 g/mol. The summed E-state index contributed by atoms with van der Waals surface area (Å²) in [5, 5.41) is 2.99. The number of hydrogen-bond acceptors (Lipinski definition) is 4. The van der Waals surface area contributed by atoms with Crippen LogP contribution in [-0.2, 0) is 24.3 Å². The standard InChI is InChI=1S/C26H28N4O2/c1-19-8-10-21(11-9-19)18-30-24(29-23-5-4-16-27-26(23)30)6-3-7-25(31)28-17-20-12-14-22(32-2)15-13-20/h4-5,8-16H,3,6-7,17-18H2,1-2H3,(H,28,31). The van der Waals surface area contributed by atoms with Crippen molar-refractivity contribution in [2.75, 3.05) is 7.11 Å². The monoisotopic (exact) mass is 428 g/mol. The van der Waals surface area contributed by atoms with Gasteiger partial charge in [0, 0.05) is 25.6 Å². The van der Waals surface area contributed by atoms with Gasteiger partial charge in [0.1, 0.15) is 17.1 Å². The zero-order chi connectivity index (χ0) is 22.3. The molecule has 0 atom stereocenters. The molecule has 4 rings (SSSR count). The first kappa shape index (κ1) is 21.6. The van der Waals surface area contributed by atoms with Crippen LogP contribution in [-0.4, -0.2) is 27.6 Å². The lowest BCUT2D eigenvalue weighted by Crippen LogP contribution is -2.22. The second kappa shape index (κ2) is 10.1. The maximum Gasteiger partial charge on any atom is 0.220 e. The first-order valence-electron chi connectivity index (χ1n) is 10.9. The molecule has 0 bridgehead atoms. The van der Waals surface area contributed by atoms with E-state index in [4.69, 9.17) is 9.72 Å². The Hall–Kier alpha value is -3.67. The zero-order valence-corrected chi connectivity index (χ0v) is 18.5. The van der Waals surface area contributed by atoms with Gasteiger partial charge in [-0.3, -0.25) is 4.79 Å².